The number of carbonyl (C=O) groups is 2. The summed E-state index contributed by atoms with van der Waals surface area (Å²) in [6.45, 7) is 6.01. The summed E-state index contributed by atoms with van der Waals surface area (Å²) in [6, 6.07) is 26.4. The van der Waals surface area contributed by atoms with Gasteiger partial charge in [-0.05, 0) is 44.0 Å². The van der Waals surface area contributed by atoms with E-state index in [1.54, 1.807) is 4.90 Å². The predicted octanol–water partition coefficient (Wildman–Crippen LogP) is 4.54. The third-order valence-corrected chi connectivity index (χ3v) is 5.28. The first-order valence-electron chi connectivity index (χ1n) is 11.3. The molecule has 0 saturated carbocycles. The van der Waals surface area contributed by atoms with Crippen LogP contribution in [0.25, 0.3) is 0 Å². The molecule has 0 spiro atoms. The molecule has 0 aliphatic heterocycles. The zero-order valence-electron chi connectivity index (χ0n) is 19.5. The van der Waals surface area contributed by atoms with Crippen molar-refractivity contribution in [2.75, 3.05) is 6.61 Å². The van der Waals surface area contributed by atoms with Crippen molar-refractivity contribution in [1.29, 1.82) is 0 Å². The number of amides is 2. The third kappa shape index (κ3) is 7.49. The number of rotatable bonds is 10. The third-order valence-electron chi connectivity index (χ3n) is 5.28. The second-order valence-electron chi connectivity index (χ2n) is 8.48. The second kappa shape index (κ2) is 11.9. The Bertz CT molecular complexity index is 1020. The van der Waals surface area contributed by atoms with Gasteiger partial charge in [0.05, 0.1) is 0 Å². The van der Waals surface area contributed by atoms with Gasteiger partial charge in [0.2, 0.25) is 5.91 Å². The average Bonchev–Trinajstić information content (AvgIpc) is 2.81. The van der Waals surface area contributed by atoms with Crippen LogP contribution in [0.5, 0.6) is 5.75 Å². The van der Waals surface area contributed by atoms with E-state index in [4.69, 9.17) is 4.74 Å². The Labute approximate surface area is 196 Å². The highest BCUT2D eigenvalue weighted by Crippen LogP contribution is 2.17. The Morgan fingerprint density at radius 2 is 1.42 bits per heavy atom. The van der Waals surface area contributed by atoms with Gasteiger partial charge in [-0.1, -0.05) is 78.4 Å². The minimum atomic E-state index is -0.663. The van der Waals surface area contributed by atoms with E-state index in [1.165, 1.54) is 0 Å². The van der Waals surface area contributed by atoms with Crippen molar-refractivity contribution in [3.63, 3.8) is 0 Å². The molecule has 3 aromatic carbocycles. The van der Waals surface area contributed by atoms with Crippen molar-refractivity contribution in [2.24, 2.45) is 0 Å². The van der Waals surface area contributed by atoms with Crippen molar-refractivity contribution >= 4 is 11.8 Å². The number of benzene rings is 3. The fourth-order valence-corrected chi connectivity index (χ4v) is 3.58. The minimum Gasteiger partial charge on any atom is -0.484 e. The van der Waals surface area contributed by atoms with Crippen LogP contribution in [-0.4, -0.2) is 35.4 Å². The van der Waals surface area contributed by atoms with Crippen LogP contribution in [0.2, 0.25) is 0 Å². The van der Waals surface area contributed by atoms with Gasteiger partial charge in [0.25, 0.3) is 5.91 Å². The molecule has 172 valence electrons. The summed E-state index contributed by atoms with van der Waals surface area (Å²) in [6.07, 6.45) is 0.419. The summed E-state index contributed by atoms with van der Waals surface area (Å²) in [5, 5.41) is 2.99. The summed E-state index contributed by atoms with van der Waals surface area (Å²) < 4.78 is 5.78. The Morgan fingerprint density at radius 1 is 0.848 bits per heavy atom. The molecule has 0 radical (unpaired) electrons. The Kier molecular flexibility index (Phi) is 8.64. The van der Waals surface area contributed by atoms with Crippen molar-refractivity contribution in [1.82, 2.24) is 10.2 Å². The number of hydrogen-bond acceptors (Lipinski definition) is 3. The minimum absolute atomic E-state index is 0.0340. The first-order valence-corrected chi connectivity index (χ1v) is 11.3. The molecule has 33 heavy (non-hydrogen) atoms. The van der Waals surface area contributed by atoms with Gasteiger partial charge in [0, 0.05) is 19.0 Å². The number of aryl methyl sites for hydroxylation is 1. The highest BCUT2D eigenvalue weighted by molar-refractivity contribution is 5.88. The molecule has 0 bridgehead atoms. The van der Waals surface area contributed by atoms with E-state index in [2.05, 4.69) is 5.32 Å². The van der Waals surface area contributed by atoms with Gasteiger partial charge < -0.3 is 15.0 Å². The normalized spacial score (nSPS) is 11.6. The number of nitrogens with one attached hydrogen (secondary N) is 1. The maximum atomic E-state index is 13.4. The van der Waals surface area contributed by atoms with Crippen molar-refractivity contribution < 1.29 is 14.3 Å². The predicted molar refractivity (Wildman–Crippen MR) is 131 cm³/mol. The van der Waals surface area contributed by atoms with Gasteiger partial charge in [-0.25, -0.2) is 0 Å². The molecular weight excluding hydrogens is 412 g/mol. The number of nitrogens with zero attached hydrogens (tertiary/aromatic N) is 1. The first kappa shape index (κ1) is 24.1. The maximum Gasteiger partial charge on any atom is 0.261 e. The van der Waals surface area contributed by atoms with Crippen molar-refractivity contribution in [3.8, 4) is 5.75 Å². The maximum absolute atomic E-state index is 13.4. The lowest BCUT2D eigenvalue weighted by Gasteiger charge is -2.32. The van der Waals surface area contributed by atoms with Gasteiger partial charge in [-0.15, -0.1) is 0 Å². The standard InChI is InChI=1S/C28H32N2O3/c1-21(2)29-28(32)26(18-23-10-6-4-7-11-23)30(19-24-12-8-5-9-13-24)27(31)20-33-25-16-14-22(3)15-17-25/h4-17,21,26H,18-20H2,1-3H3,(H,29,32)/t26-/m0/s1. The lowest BCUT2D eigenvalue weighted by Crippen LogP contribution is -2.52. The molecular formula is C28H32N2O3. The van der Waals surface area contributed by atoms with Crippen LogP contribution >= 0.6 is 0 Å². The summed E-state index contributed by atoms with van der Waals surface area (Å²) in [5.41, 5.74) is 3.07. The highest BCUT2D eigenvalue weighted by Gasteiger charge is 2.31. The molecule has 0 saturated heterocycles. The monoisotopic (exact) mass is 444 g/mol. The smallest absolute Gasteiger partial charge is 0.261 e. The SMILES string of the molecule is Cc1ccc(OCC(=O)N(Cc2ccccc2)[C@@H](Cc2ccccc2)C(=O)NC(C)C)cc1. The van der Waals surface area contributed by atoms with E-state index in [0.29, 0.717) is 18.7 Å². The van der Waals surface area contributed by atoms with E-state index in [9.17, 15) is 9.59 Å². The molecule has 0 heterocycles. The van der Waals surface area contributed by atoms with E-state index in [-0.39, 0.29) is 24.5 Å². The molecule has 1 atom stereocenters. The van der Waals surface area contributed by atoms with Crippen molar-refractivity contribution in [2.45, 2.75) is 45.8 Å². The van der Waals surface area contributed by atoms with Crippen LogP contribution in [0.15, 0.2) is 84.9 Å². The molecule has 1 N–H and O–H groups in total. The summed E-state index contributed by atoms with van der Waals surface area (Å²) in [5.74, 6) is 0.215. The van der Waals surface area contributed by atoms with E-state index >= 15 is 0 Å². The quantitative estimate of drug-likeness (QED) is 0.500. The lowest BCUT2D eigenvalue weighted by molar-refractivity contribution is -0.143. The van der Waals surface area contributed by atoms with Gasteiger partial charge in [0.15, 0.2) is 6.61 Å². The van der Waals surface area contributed by atoms with Crippen LogP contribution in [0, 0.1) is 6.92 Å². The molecule has 0 aliphatic carbocycles. The van der Waals surface area contributed by atoms with Crippen LogP contribution in [-0.2, 0) is 22.6 Å². The second-order valence-corrected chi connectivity index (χ2v) is 8.48. The zero-order valence-corrected chi connectivity index (χ0v) is 19.5. The number of ether oxygens (including phenoxy) is 1. The van der Waals surface area contributed by atoms with Crippen LogP contribution in [0.3, 0.4) is 0 Å². The largest absolute Gasteiger partial charge is 0.484 e. The van der Waals surface area contributed by atoms with Crippen molar-refractivity contribution in [3.05, 3.63) is 102 Å². The van der Waals surface area contributed by atoms with E-state index in [0.717, 1.165) is 16.7 Å². The lowest BCUT2D eigenvalue weighted by atomic mass is 10.0. The average molecular weight is 445 g/mol. The first-order chi connectivity index (χ1) is 15.9. The molecule has 3 rings (SSSR count). The molecule has 3 aromatic rings. The van der Waals surface area contributed by atoms with Gasteiger partial charge >= 0.3 is 0 Å². The van der Waals surface area contributed by atoms with Crippen LogP contribution in [0.1, 0.15) is 30.5 Å². The molecule has 0 unspecified atom stereocenters. The highest BCUT2D eigenvalue weighted by atomic mass is 16.5. The van der Waals surface area contributed by atoms with E-state index in [1.807, 2.05) is 106 Å². The Balaban J connectivity index is 1.87. The summed E-state index contributed by atoms with van der Waals surface area (Å²) >= 11 is 0. The number of hydrogen-bond donors (Lipinski definition) is 1. The molecule has 2 amide bonds. The summed E-state index contributed by atoms with van der Waals surface area (Å²) in [7, 11) is 0. The number of carbonyl (C=O) groups excluding carboxylic acids is 2. The molecule has 5 heteroatoms. The van der Waals surface area contributed by atoms with Gasteiger partial charge in [-0.3, -0.25) is 9.59 Å². The van der Waals surface area contributed by atoms with Crippen LogP contribution in [0.4, 0.5) is 0 Å². The fraction of sp³-hybridized carbons (Fsp3) is 0.286. The van der Waals surface area contributed by atoms with Crippen LogP contribution < -0.4 is 10.1 Å². The molecule has 0 aromatic heterocycles. The Morgan fingerprint density at radius 3 is 2.00 bits per heavy atom. The van der Waals surface area contributed by atoms with Gasteiger partial charge in [-0.2, -0.15) is 0 Å². The van der Waals surface area contributed by atoms with E-state index < -0.39 is 6.04 Å². The molecule has 0 aliphatic rings. The fourth-order valence-electron chi connectivity index (χ4n) is 3.58. The summed E-state index contributed by atoms with van der Waals surface area (Å²) in [4.78, 5) is 28.3. The zero-order chi connectivity index (χ0) is 23.6. The Hall–Kier alpha value is -3.60. The molecule has 5 nitrogen and oxygen atoms in total. The topological polar surface area (TPSA) is 58.6 Å². The van der Waals surface area contributed by atoms with Gasteiger partial charge in [0.1, 0.15) is 11.8 Å². The molecule has 0 fully saturated rings.